The Labute approximate surface area is 196 Å². The number of nitrogens with one attached hydrogen (secondary N) is 2. The molecule has 0 saturated heterocycles. The third-order valence-corrected chi connectivity index (χ3v) is 4.89. The average molecular weight is 460 g/mol. The number of hydrogen-bond acceptors (Lipinski definition) is 6. The standard InChI is InChI=1S/C26H24N2O6/c1-33-23(29)16-22(28-26(32)34-17-18-10-4-2-5-11-18)25(31)27-21-15-9-8-14-20(21)24(30)19-12-6-3-7-13-19/h2-15,22H,16-17H2,1H3,(H,27,31)(H,28,32)/t22-/m0/s1. The topological polar surface area (TPSA) is 111 Å². The number of rotatable bonds is 9. The zero-order chi connectivity index (χ0) is 24.3. The maximum atomic E-state index is 13.0. The molecule has 174 valence electrons. The molecule has 0 saturated carbocycles. The van der Waals surface area contributed by atoms with E-state index in [4.69, 9.17) is 4.74 Å². The summed E-state index contributed by atoms with van der Waals surface area (Å²) < 4.78 is 9.80. The van der Waals surface area contributed by atoms with Crippen molar-refractivity contribution >= 4 is 29.4 Å². The van der Waals surface area contributed by atoms with Gasteiger partial charge in [-0.05, 0) is 17.7 Å². The summed E-state index contributed by atoms with van der Waals surface area (Å²) in [6.45, 7) is -0.00630. The highest BCUT2D eigenvalue weighted by Gasteiger charge is 2.26. The smallest absolute Gasteiger partial charge is 0.408 e. The van der Waals surface area contributed by atoms with Crippen molar-refractivity contribution in [3.8, 4) is 0 Å². The summed E-state index contributed by atoms with van der Waals surface area (Å²) in [5.41, 5.74) is 1.74. The Bertz CT molecular complexity index is 1150. The highest BCUT2D eigenvalue weighted by atomic mass is 16.5. The van der Waals surface area contributed by atoms with Crippen molar-refractivity contribution in [2.75, 3.05) is 12.4 Å². The van der Waals surface area contributed by atoms with Gasteiger partial charge in [-0.25, -0.2) is 4.79 Å². The molecule has 0 unspecified atom stereocenters. The van der Waals surface area contributed by atoms with Gasteiger partial charge in [0.2, 0.25) is 5.91 Å². The molecule has 0 heterocycles. The second-order valence-corrected chi connectivity index (χ2v) is 7.27. The van der Waals surface area contributed by atoms with Crippen LogP contribution in [0.3, 0.4) is 0 Å². The van der Waals surface area contributed by atoms with Crippen LogP contribution in [0, 0.1) is 0 Å². The number of benzene rings is 3. The Hall–Kier alpha value is -4.46. The number of hydrogen-bond donors (Lipinski definition) is 2. The van der Waals surface area contributed by atoms with Crippen LogP contribution in [0.15, 0.2) is 84.9 Å². The molecule has 0 fully saturated rings. The number of ketones is 1. The fourth-order valence-electron chi connectivity index (χ4n) is 3.12. The Kier molecular flexibility index (Phi) is 8.51. The van der Waals surface area contributed by atoms with Gasteiger partial charge in [0, 0.05) is 11.1 Å². The Morgan fingerprint density at radius 3 is 2.12 bits per heavy atom. The second-order valence-electron chi connectivity index (χ2n) is 7.27. The quantitative estimate of drug-likeness (QED) is 0.372. The Balaban J connectivity index is 1.72. The number of carbonyl (C=O) groups excluding carboxylic acids is 4. The lowest BCUT2D eigenvalue weighted by Crippen LogP contribution is -2.45. The molecular weight excluding hydrogens is 436 g/mol. The van der Waals surface area contributed by atoms with Gasteiger partial charge < -0.3 is 20.1 Å². The van der Waals surface area contributed by atoms with Crippen molar-refractivity contribution < 1.29 is 28.7 Å². The summed E-state index contributed by atoms with van der Waals surface area (Å²) in [6, 6.07) is 22.8. The molecule has 0 aliphatic heterocycles. The minimum absolute atomic E-state index is 0.00630. The Morgan fingerprint density at radius 2 is 1.44 bits per heavy atom. The van der Waals surface area contributed by atoms with Crippen molar-refractivity contribution in [2.45, 2.75) is 19.1 Å². The molecule has 0 aliphatic rings. The van der Waals surface area contributed by atoms with E-state index < -0.39 is 30.4 Å². The van der Waals surface area contributed by atoms with E-state index in [0.29, 0.717) is 5.56 Å². The van der Waals surface area contributed by atoms with Gasteiger partial charge in [-0.2, -0.15) is 0 Å². The molecule has 0 spiro atoms. The molecule has 3 rings (SSSR count). The van der Waals surface area contributed by atoms with Crippen LogP contribution in [-0.4, -0.2) is 36.9 Å². The van der Waals surface area contributed by atoms with E-state index in [1.807, 2.05) is 6.07 Å². The molecule has 1 atom stereocenters. The van der Waals surface area contributed by atoms with Crippen molar-refractivity contribution in [3.05, 3.63) is 102 Å². The highest BCUT2D eigenvalue weighted by Crippen LogP contribution is 2.20. The van der Waals surface area contributed by atoms with Crippen LogP contribution in [0.1, 0.15) is 27.9 Å². The van der Waals surface area contributed by atoms with E-state index in [2.05, 4.69) is 15.4 Å². The summed E-state index contributed by atoms with van der Waals surface area (Å²) in [7, 11) is 1.18. The second kappa shape index (κ2) is 12.0. The zero-order valence-electron chi connectivity index (χ0n) is 18.5. The third-order valence-electron chi connectivity index (χ3n) is 4.89. The van der Waals surface area contributed by atoms with Gasteiger partial charge >= 0.3 is 12.1 Å². The molecule has 0 radical (unpaired) electrons. The Morgan fingerprint density at radius 1 is 0.824 bits per heavy atom. The van der Waals surface area contributed by atoms with Crippen molar-refractivity contribution in [3.63, 3.8) is 0 Å². The van der Waals surface area contributed by atoms with Crippen LogP contribution >= 0.6 is 0 Å². The van der Waals surface area contributed by atoms with Gasteiger partial charge in [-0.3, -0.25) is 14.4 Å². The van der Waals surface area contributed by atoms with E-state index in [-0.39, 0.29) is 23.6 Å². The molecule has 0 bridgehead atoms. The molecule has 8 heteroatoms. The molecule has 0 aliphatic carbocycles. The monoisotopic (exact) mass is 460 g/mol. The summed E-state index contributed by atoms with van der Waals surface area (Å²) in [6.07, 6.45) is -1.29. The largest absolute Gasteiger partial charge is 0.469 e. The fourth-order valence-corrected chi connectivity index (χ4v) is 3.12. The van der Waals surface area contributed by atoms with Gasteiger partial charge in [0.1, 0.15) is 12.6 Å². The molecule has 8 nitrogen and oxygen atoms in total. The molecule has 2 amide bonds. The number of para-hydroxylation sites is 1. The number of methoxy groups -OCH3 is 1. The first-order valence-electron chi connectivity index (χ1n) is 10.5. The SMILES string of the molecule is COC(=O)C[C@H](NC(=O)OCc1ccccc1)C(=O)Nc1ccccc1C(=O)c1ccccc1. The van der Waals surface area contributed by atoms with Crippen molar-refractivity contribution in [1.29, 1.82) is 0 Å². The number of ether oxygens (including phenoxy) is 2. The molecule has 2 N–H and O–H groups in total. The zero-order valence-corrected chi connectivity index (χ0v) is 18.5. The number of amides is 2. The molecule has 3 aromatic rings. The lowest BCUT2D eigenvalue weighted by Gasteiger charge is -2.18. The number of alkyl carbamates (subject to hydrolysis) is 1. The van der Waals surface area contributed by atoms with Crippen molar-refractivity contribution in [1.82, 2.24) is 5.32 Å². The van der Waals surface area contributed by atoms with Crippen molar-refractivity contribution in [2.24, 2.45) is 0 Å². The normalized spacial score (nSPS) is 11.1. The first-order chi connectivity index (χ1) is 16.5. The van der Waals surface area contributed by atoms with Crippen LogP contribution in [0.25, 0.3) is 0 Å². The van der Waals surface area contributed by atoms with Gasteiger partial charge in [0.05, 0.1) is 19.2 Å². The van der Waals surface area contributed by atoms with E-state index in [9.17, 15) is 19.2 Å². The number of anilines is 1. The van der Waals surface area contributed by atoms with E-state index >= 15 is 0 Å². The molecular formula is C26H24N2O6. The van der Waals surface area contributed by atoms with Crippen LogP contribution in [0.5, 0.6) is 0 Å². The highest BCUT2D eigenvalue weighted by molar-refractivity contribution is 6.14. The maximum absolute atomic E-state index is 13.0. The lowest BCUT2D eigenvalue weighted by atomic mass is 10.0. The molecule has 34 heavy (non-hydrogen) atoms. The first kappa shape index (κ1) is 24.2. The van der Waals surface area contributed by atoms with E-state index in [0.717, 1.165) is 5.56 Å². The molecule has 0 aromatic heterocycles. The number of carbonyl (C=O) groups is 4. The minimum Gasteiger partial charge on any atom is -0.469 e. The van der Waals surface area contributed by atoms with Gasteiger partial charge in [0.25, 0.3) is 0 Å². The van der Waals surface area contributed by atoms with E-state index in [1.165, 1.54) is 7.11 Å². The lowest BCUT2D eigenvalue weighted by molar-refractivity contribution is -0.142. The van der Waals surface area contributed by atoms with Gasteiger partial charge in [0.15, 0.2) is 5.78 Å². The van der Waals surface area contributed by atoms with E-state index in [1.54, 1.807) is 78.9 Å². The summed E-state index contributed by atoms with van der Waals surface area (Å²) in [4.78, 5) is 50.1. The fraction of sp³-hybridized carbons (Fsp3) is 0.154. The minimum atomic E-state index is -1.28. The van der Waals surface area contributed by atoms with Gasteiger partial charge in [-0.1, -0.05) is 72.8 Å². The third kappa shape index (κ3) is 6.77. The summed E-state index contributed by atoms with van der Waals surface area (Å²) >= 11 is 0. The molecule has 3 aromatic carbocycles. The van der Waals surface area contributed by atoms with Crippen LogP contribution in [0.4, 0.5) is 10.5 Å². The van der Waals surface area contributed by atoms with Crippen LogP contribution in [-0.2, 0) is 25.7 Å². The van der Waals surface area contributed by atoms with Crippen LogP contribution in [0.2, 0.25) is 0 Å². The van der Waals surface area contributed by atoms with Gasteiger partial charge in [-0.15, -0.1) is 0 Å². The average Bonchev–Trinajstić information content (AvgIpc) is 2.88. The first-order valence-corrected chi connectivity index (χ1v) is 10.5. The summed E-state index contributed by atoms with van der Waals surface area (Å²) in [5.74, 6) is -1.68. The van der Waals surface area contributed by atoms with Crippen LogP contribution < -0.4 is 10.6 Å². The predicted molar refractivity (Wildman–Crippen MR) is 125 cm³/mol. The number of esters is 1. The maximum Gasteiger partial charge on any atom is 0.408 e. The predicted octanol–water partition coefficient (Wildman–Crippen LogP) is 3.71. The summed E-state index contributed by atoms with van der Waals surface area (Å²) in [5, 5.41) is 5.03.